The molecule has 0 radical (unpaired) electrons. The number of nitrogens with zero attached hydrogens (tertiary/aromatic N) is 3. The van der Waals surface area contributed by atoms with Gasteiger partial charge in [-0.05, 0) is 25.0 Å². The topological polar surface area (TPSA) is 62.7 Å². The third kappa shape index (κ3) is 3.82. The lowest BCUT2D eigenvalue weighted by atomic mass is 9.96. The van der Waals surface area contributed by atoms with Gasteiger partial charge in [-0.25, -0.2) is 0 Å². The largest absolute Gasteiger partial charge is 0.350 e. The van der Waals surface area contributed by atoms with Crippen molar-refractivity contribution in [3.63, 3.8) is 0 Å². The van der Waals surface area contributed by atoms with Gasteiger partial charge in [0, 0.05) is 6.04 Å². The van der Waals surface area contributed by atoms with Gasteiger partial charge in [0.15, 0.2) is 5.82 Å². The third-order valence-electron chi connectivity index (χ3n) is 3.63. The molecule has 0 unspecified atom stereocenters. The van der Waals surface area contributed by atoms with Crippen LogP contribution >= 0.6 is 11.6 Å². The first-order chi connectivity index (χ1) is 10.3. The van der Waals surface area contributed by atoms with Gasteiger partial charge in [0.25, 0.3) is 0 Å². The predicted molar refractivity (Wildman–Crippen MR) is 85.1 cm³/mol. The Balaban J connectivity index is 1.69. The summed E-state index contributed by atoms with van der Waals surface area (Å²) in [5.74, 6) is 1.20. The van der Waals surface area contributed by atoms with Crippen LogP contribution in [0.2, 0.25) is 5.02 Å². The Hall–Kier alpha value is -1.88. The summed E-state index contributed by atoms with van der Waals surface area (Å²) in [4.78, 5) is 4.45. The lowest BCUT2D eigenvalue weighted by molar-refractivity contribution is 0.460. The molecule has 1 aromatic carbocycles. The highest BCUT2D eigenvalue weighted by Gasteiger charge is 2.14. The maximum absolute atomic E-state index is 6.13. The van der Waals surface area contributed by atoms with Crippen LogP contribution in [0, 0.1) is 0 Å². The van der Waals surface area contributed by atoms with Crippen molar-refractivity contribution in [1.29, 1.82) is 0 Å². The Labute approximate surface area is 129 Å². The third-order valence-corrected chi connectivity index (χ3v) is 3.96. The fourth-order valence-electron chi connectivity index (χ4n) is 2.55. The monoisotopic (exact) mass is 303 g/mol. The number of rotatable bonds is 4. The van der Waals surface area contributed by atoms with E-state index in [1.807, 2.05) is 24.3 Å². The molecule has 1 aliphatic rings. The second-order valence-electron chi connectivity index (χ2n) is 5.25. The van der Waals surface area contributed by atoms with Crippen LogP contribution in [-0.4, -0.2) is 21.2 Å². The molecule has 1 heterocycles. The molecule has 1 aliphatic carbocycles. The first kappa shape index (κ1) is 14.1. The Morgan fingerprint density at radius 3 is 2.71 bits per heavy atom. The van der Waals surface area contributed by atoms with E-state index in [0.717, 1.165) is 5.69 Å². The van der Waals surface area contributed by atoms with Crippen molar-refractivity contribution in [1.82, 2.24) is 15.2 Å². The maximum Gasteiger partial charge on any atom is 0.244 e. The molecule has 3 rings (SSSR count). The van der Waals surface area contributed by atoms with E-state index in [0.29, 0.717) is 22.8 Å². The van der Waals surface area contributed by atoms with Crippen molar-refractivity contribution in [3.8, 4) is 0 Å². The first-order valence-electron chi connectivity index (χ1n) is 7.29. The van der Waals surface area contributed by atoms with Crippen molar-refractivity contribution in [2.24, 2.45) is 0 Å². The van der Waals surface area contributed by atoms with Crippen LogP contribution in [-0.2, 0) is 0 Å². The summed E-state index contributed by atoms with van der Waals surface area (Å²) >= 11 is 6.13. The molecule has 0 aliphatic heterocycles. The van der Waals surface area contributed by atoms with E-state index < -0.39 is 0 Å². The van der Waals surface area contributed by atoms with Crippen molar-refractivity contribution in [2.75, 3.05) is 10.6 Å². The van der Waals surface area contributed by atoms with Crippen LogP contribution in [0.4, 0.5) is 17.5 Å². The van der Waals surface area contributed by atoms with E-state index in [1.54, 1.807) is 6.20 Å². The number of hydrogen-bond donors (Lipinski definition) is 2. The number of hydrogen-bond acceptors (Lipinski definition) is 5. The van der Waals surface area contributed by atoms with E-state index >= 15 is 0 Å². The summed E-state index contributed by atoms with van der Waals surface area (Å²) < 4.78 is 0. The predicted octanol–water partition coefficient (Wildman–Crippen LogP) is 4.01. The SMILES string of the molecule is Clc1ccccc1Nc1cnnc(NC2CCCCC2)n1. The molecule has 110 valence electrons. The summed E-state index contributed by atoms with van der Waals surface area (Å²) in [5.41, 5.74) is 0.809. The average molecular weight is 304 g/mol. The van der Waals surface area contributed by atoms with E-state index in [2.05, 4.69) is 25.8 Å². The lowest BCUT2D eigenvalue weighted by Crippen LogP contribution is -2.23. The molecular formula is C15H18ClN5. The molecule has 21 heavy (non-hydrogen) atoms. The van der Waals surface area contributed by atoms with E-state index in [-0.39, 0.29) is 0 Å². The van der Waals surface area contributed by atoms with Crippen LogP contribution in [0.1, 0.15) is 32.1 Å². The minimum absolute atomic E-state index is 0.455. The van der Waals surface area contributed by atoms with Gasteiger partial charge in [0.1, 0.15) is 0 Å². The molecule has 1 aromatic heterocycles. The Morgan fingerprint density at radius 1 is 1.10 bits per heavy atom. The van der Waals surface area contributed by atoms with Crippen LogP contribution in [0.15, 0.2) is 30.5 Å². The van der Waals surface area contributed by atoms with Gasteiger partial charge in [-0.2, -0.15) is 10.1 Å². The van der Waals surface area contributed by atoms with Crippen LogP contribution in [0.5, 0.6) is 0 Å². The van der Waals surface area contributed by atoms with Gasteiger partial charge < -0.3 is 10.6 Å². The molecule has 0 amide bonds. The number of benzene rings is 1. The molecule has 2 aromatic rings. The molecule has 0 bridgehead atoms. The lowest BCUT2D eigenvalue weighted by Gasteiger charge is -2.22. The number of para-hydroxylation sites is 1. The summed E-state index contributed by atoms with van der Waals surface area (Å²) in [6.07, 6.45) is 7.79. The minimum Gasteiger partial charge on any atom is -0.350 e. The minimum atomic E-state index is 0.455. The summed E-state index contributed by atoms with van der Waals surface area (Å²) in [7, 11) is 0. The second-order valence-corrected chi connectivity index (χ2v) is 5.66. The number of halogens is 1. The smallest absolute Gasteiger partial charge is 0.244 e. The molecule has 1 fully saturated rings. The van der Waals surface area contributed by atoms with Gasteiger partial charge in [-0.1, -0.05) is 43.0 Å². The highest BCUT2D eigenvalue weighted by Crippen LogP contribution is 2.24. The van der Waals surface area contributed by atoms with Gasteiger partial charge in [-0.3, -0.25) is 0 Å². The molecule has 6 heteroatoms. The number of nitrogens with one attached hydrogen (secondary N) is 2. The average Bonchev–Trinajstić information content (AvgIpc) is 2.51. The molecule has 0 spiro atoms. The number of aromatic nitrogens is 3. The molecule has 0 atom stereocenters. The highest BCUT2D eigenvalue weighted by atomic mass is 35.5. The van der Waals surface area contributed by atoms with Crippen LogP contribution < -0.4 is 10.6 Å². The molecular weight excluding hydrogens is 286 g/mol. The van der Waals surface area contributed by atoms with E-state index in [9.17, 15) is 0 Å². The molecule has 0 saturated heterocycles. The maximum atomic E-state index is 6.13. The molecule has 2 N–H and O–H groups in total. The quantitative estimate of drug-likeness (QED) is 0.893. The highest BCUT2D eigenvalue weighted by molar-refractivity contribution is 6.33. The molecule has 1 saturated carbocycles. The molecule has 5 nitrogen and oxygen atoms in total. The standard InChI is InChI=1S/C15H18ClN5/c16-12-8-4-5-9-13(12)19-14-10-17-21-15(20-14)18-11-6-2-1-3-7-11/h4-5,8-11H,1-3,6-7H2,(H2,18,19,20,21). The Morgan fingerprint density at radius 2 is 1.90 bits per heavy atom. The summed E-state index contributed by atoms with van der Waals surface area (Å²) in [6.45, 7) is 0. The van der Waals surface area contributed by atoms with Gasteiger partial charge in [0.2, 0.25) is 5.95 Å². The Bertz CT molecular complexity index is 598. The Kier molecular flexibility index (Phi) is 4.50. The van der Waals surface area contributed by atoms with E-state index in [1.165, 1.54) is 32.1 Å². The van der Waals surface area contributed by atoms with Crippen LogP contribution in [0.3, 0.4) is 0 Å². The van der Waals surface area contributed by atoms with Gasteiger partial charge >= 0.3 is 0 Å². The van der Waals surface area contributed by atoms with Crippen molar-refractivity contribution in [2.45, 2.75) is 38.1 Å². The van der Waals surface area contributed by atoms with E-state index in [4.69, 9.17) is 11.6 Å². The van der Waals surface area contributed by atoms with Gasteiger partial charge in [-0.15, -0.1) is 5.10 Å². The first-order valence-corrected chi connectivity index (χ1v) is 7.67. The number of anilines is 3. The van der Waals surface area contributed by atoms with Crippen molar-refractivity contribution >= 4 is 29.1 Å². The zero-order valence-corrected chi connectivity index (χ0v) is 12.5. The summed E-state index contributed by atoms with van der Waals surface area (Å²) in [5, 5.41) is 15.2. The normalized spacial score (nSPS) is 15.7. The summed E-state index contributed by atoms with van der Waals surface area (Å²) in [6, 6.07) is 8.00. The van der Waals surface area contributed by atoms with Crippen molar-refractivity contribution < 1.29 is 0 Å². The van der Waals surface area contributed by atoms with Crippen LogP contribution in [0.25, 0.3) is 0 Å². The van der Waals surface area contributed by atoms with Crippen molar-refractivity contribution in [3.05, 3.63) is 35.5 Å². The fraction of sp³-hybridized carbons (Fsp3) is 0.400. The fourth-order valence-corrected chi connectivity index (χ4v) is 2.74. The second kappa shape index (κ2) is 6.72. The van der Waals surface area contributed by atoms with Gasteiger partial charge in [0.05, 0.1) is 16.9 Å². The zero-order valence-electron chi connectivity index (χ0n) is 11.7. The zero-order chi connectivity index (χ0) is 14.5.